The molecule has 1 unspecified atom stereocenters. The summed E-state index contributed by atoms with van der Waals surface area (Å²) in [6.45, 7) is 2.14. The third-order valence-electron chi connectivity index (χ3n) is 2.61. The van der Waals surface area contributed by atoms with Gasteiger partial charge in [-0.1, -0.05) is 17.7 Å². The number of rotatable bonds is 1. The minimum Gasteiger partial charge on any atom is -0.353 e. The number of nitrogens with one attached hydrogen (secondary N) is 1. The van der Waals surface area contributed by atoms with Crippen molar-refractivity contribution in [3.8, 4) is 0 Å². The van der Waals surface area contributed by atoms with Crippen molar-refractivity contribution in [2.75, 3.05) is 5.75 Å². The number of benzene rings is 1. The highest BCUT2D eigenvalue weighted by Crippen LogP contribution is 2.26. The third kappa shape index (κ3) is 1.74. The summed E-state index contributed by atoms with van der Waals surface area (Å²) < 4.78 is 0. The highest BCUT2D eigenvalue weighted by atomic mass is 35.5. The van der Waals surface area contributed by atoms with Gasteiger partial charge in [0.2, 0.25) is 0 Å². The standard InChI is InChI=1S/C12H11ClN2S/c1-7-6-16-12(14-7)11-4-8-2-3-9(13)5-10(8)15-11/h2-5,7,15H,6H2,1H3. The predicted octanol–water partition coefficient (Wildman–Crippen LogP) is 3.70. The number of halogens is 1. The van der Waals surface area contributed by atoms with Crippen LogP contribution in [0.5, 0.6) is 0 Å². The van der Waals surface area contributed by atoms with E-state index in [0.29, 0.717) is 6.04 Å². The van der Waals surface area contributed by atoms with Crippen molar-refractivity contribution in [3.63, 3.8) is 0 Å². The number of aliphatic imine (C=N–C) groups is 1. The SMILES string of the molecule is CC1CSC(c2cc3ccc(Cl)cc3[nH]2)=N1. The summed E-state index contributed by atoms with van der Waals surface area (Å²) in [6.07, 6.45) is 0. The number of hydrogen-bond donors (Lipinski definition) is 1. The minimum absolute atomic E-state index is 0.426. The molecule has 0 amide bonds. The minimum atomic E-state index is 0.426. The van der Waals surface area contributed by atoms with Gasteiger partial charge in [-0.2, -0.15) is 0 Å². The molecule has 0 saturated heterocycles. The van der Waals surface area contributed by atoms with Gasteiger partial charge in [0, 0.05) is 21.7 Å². The molecule has 4 heteroatoms. The van der Waals surface area contributed by atoms with E-state index < -0.39 is 0 Å². The average Bonchev–Trinajstić information content (AvgIpc) is 2.83. The van der Waals surface area contributed by atoms with E-state index in [1.165, 1.54) is 5.39 Å². The number of aromatic amines is 1. The highest BCUT2D eigenvalue weighted by Gasteiger charge is 2.17. The van der Waals surface area contributed by atoms with Gasteiger partial charge in [0.15, 0.2) is 0 Å². The van der Waals surface area contributed by atoms with Gasteiger partial charge in [-0.15, -0.1) is 11.8 Å². The lowest BCUT2D eigenvalue weighted by atomic mass is 10.2. The maximum atomic E-state index is 5.96. The van der Waals surface area contributed by atoms with Crippen molar-refractivity contribution in [2.24, 2.45) is 4.99 Å². The normalized spacial score (nSPS) is 20.4. The first-order chi connectivity index (χ1) is 7.72. The Morgan fingerprint density at radius 1 is 1.44 bits per heavy atom. The smallest absolute Gasteiger partial charge is 0.114 e. The van der Waals surface area contributed by atoms with Crippen LogP contribution in [0.2, 0.25) is 5.02 Å². The number of fused-ring (bicyclic) bond motifs is 1. The lowest BCUT2D eigenvalue weighted by molar-refractivity contribution is 0.865. The van der Waals surface area contributed by atoms with E-state index in [2.05, 4.69) is 23.0 Å². The van der Waals surface area contributed by atoms with Crippen LogP contribution < -0.4 is 0 Å². The van der Waals surface area contributed by atoms with Crippen LogP contribution in [0.3, 0.4) is 0 Å². The molecular formula is C12H11ClN2S. The second kappa shape index (κ2) is 3.82. The molecule has 2 aromatic rings. The Labute approximate surface area is 103 Å². The van der Waals surface area contributed by atoms with Crippen molar-refractivity contribution in [1.29, 1.82) is 0 Å². The molecule has 1 N–H and O–H groups in total. The van der Waals surface area contributed by atoms with E-state index in [1.807, 2.05) is 30.0 Å². The third-order valence-corrected chi connectivity index (χ3v) is 4.10. The van der Waals surface area contributed by atoms with Gasteiger partial charge in [-0.25, -0.2) is 0 Å². The Morgan fingerprint density at radius 3 is 3.06 bits per heavy atom. The number of hydrogen-bond acceptors (Lipinski definition) is 2. The lowest BCUT2D eigenvalue weighted by Gasteiger charge is -1.92. The molecule has 0 bridgehead atoms. The van der Waals surface area contributed by atoms with Crippen molar-refractivity contribution >= 4 is 39.3 Å². The van der Waals surface area contributed by atoms with Gasteiger partial charge in [0.05, 0.1) is 11.7 Å². The number of thioether (sulfide) groups is 1. The molecular weight excluding hydrogens is 240 g/mol. The molecule has 0 aliphatic carbocycles. The summed E-state index contributed by atoms with van der Waals surface area (Å²) in [5, 5.41) is 3.05. The van der Waals surface area contributed by atoms with Crippen LogP contribution in [0, 0.1) is 0 Å². The van der Waals surface area contributed by atoms with Crippen LogP contribution in [0.4, 0.5) is 0 Å². The quantitative estimate of drug-likeness (QED) is 0.821. The molecule has 0 spiro atoms. The van der Waals surface area contributed by atoms with Crippen LogP contribution in [-0.2, 0) is 0 Å². The Morgan fingerprint density at radius 2 is 2.31 bits per heavy atom. The zero-order chi connectivity index (χ0) is 11.1. The monoisotopic (exact) mass is 250 g/mol. The van der Waals surface area contributed by atoms with Crippen LogP contribution in [-0.4, -0.2) is 21.8 Å². The van der Waals surface area contributed by atoms with Gasteiger partial charge < -0.3 is 4.98 Å². The van der Waals surface area contributed by atoms with Gasteiger partial charge in [0.1, 0.15) is 5.04 Å². The average molecular weight is 251 g/mol. The summed E-state index contributed by atoms with van der Waals surface area (Å²) in [7, 11) is 0. The summed E-state index contributed by atoms with van der Waals surface area (Å²) in [4.78, 5) is 7.95. The highest BCUT2D eigenvalue weighted by molar-refractivity contribution is 8.14. The van der Waals surface area contributed by atoms with E-state index >= 15 is 0 Å². The molecule has 1 atom stereocenters. The fraction of sp³-hybridized carbons (Fsp3) is 0.250. The van der Waals surface area contributed by atoms with Crippen molar-refractivity contribution in [2.45, 2.75) is 13.0 Å². The Kier molecular flexibility index (Phi) is 2.45. The molecule has 0 fully saturated rings. The Hall–Kier alpha value is -0.930. The van der Waals surface area contributed by atoms with E-state index in [9.17, 15) is 0 Å². The van der Waals surface area contributed by atoms with E-state index in [-0.39, 0.29) is 0 Å². The van der Waals surface area contributed by atoms with E-state index in [0.717, 1.165) is 27.0 Å². The van der Waals surface area contributed by atoms with Crippen molar-refractivity contribution in [3.05, 3.63) is 35.0 Å². The van der Waals surface area contributed by atoms with Crippen molar-refractivity contribution < 1.29 is 0 Å². The second-order valence-electron chi connectivity index (χ2n) is 4.01. The maximum absolute atomic E-state index is 5.96. The fourth-order valence-electron chi connectivity index (χ4n) is 1.84. The Balaban J connectivity index is 2.09. The van der Waals surface area contributed by atoms with Gasteiger partial charge in [0.25, 0.3) is 0 Å². The molecule has 82 valence electrons. The van der Waals surface area contributed by atoms with Crippen LogP contribution in [0.25, 0.3) is 10.9 Å². The molecule has 2 heterocycles. The number of aromatic nitrogens is 1. The summed E-state index contributed by atoms with van der Waals surface area (Å²) >= 11 is 7.76. The molecule has 3 rings (SSSR count). The Bertz CT molecular complexity index is 573. The maximum Gasteiger partial charge on any atom is 0.114 e. The molecule has 0 saturated carbocycles. The fourth-order valence-corrected chi connectivity index (χ4v) is 3.00. The summed E-state index contributed by atoms with van der Waals surface area (Å²) in [5.74, 6) is 1.07. The van der Waals surface area contributed by atoms with Crippen LogP contribution in [0.1, 0.15) is 12.6 Å². The molecule has 16 heavy (non-hydrogen) atoms. The zero-order valence-electron chi connectivity index (χ0n) is 8.83. The molecule has 0 radical (unpaired) electrons. The molecule has 1 aromatic carbocycles. The van der Waals surface area contributed by atoms with Gasteiger partial charge in [-0.05, 0) is 25.1 Å². The molecule has 1 aliphatic rings. The topological polar surface area (TPSA) is 28.1 Å². The van der Waals surface area contributed by atoms with Crippen LogP contribution >= 0.6 is 23.4 Å². The van der Waals surface area contributed by atoms with Gasteiger partial charge in [-0.3, -0.25) is 4.99 Å². The number of H-pyrrole nitrogens is 1. The van der Waals surface area contributed by atoms with E-state index in [1.54, 1.807) is 0 Å². The number of nitrogens with zero attached hydrogens (tertiary/aromatic N) is 1. The zero-order valence-corrected chi connectivity index (χ0v) is 10.4. The van der Waals surface area contributed by atoms with E-state index in [4.69, 9.17) is 11.6 Å². The lowest BCUT2D eigenvalue weighted by Crippen LogP contribution is -1.93. The summed E-state index contributed by atoms with van der Waals surface area (Å²) in [6, 6.07) is 8.45. The molecule has 2 nitrogen and oxygen atoms in total. The first-order valence-corrected chi connectivity index (χ1v) is 6.58. The largest absolute Gasteiger partial charge is 0.353 e. The molecule has 1 aromatic heterocycles. The summed E-state index contributed by atoms with van der Waals surface area (Å²) in [5.41, 5.74) is 2.18. The van der Waals surface area contributed by atoms with Crippen molar-refractivity contribution in [1.82, 2.24) is 4.98 Å². The first-order valence-electron chi connectivity index (χ1n) is 5.21. The molecule has 1 aliphatic heterocycles. The van der Waals surface area contributed by atoms with Gasteiger partial charge >= 0.3 is 0 Å². The first kappa shape index (κ1) is 10.2. The predicted molar refractivity (Wildman–Crippen MR) is 71.8 cm³/mol. The second-order valence-corrected chi connectivity index (χ2v) is 5.45. The van der Waals surface area contributed by atoms with Crippen LogP contribution in [0.15, 0.2) is 29.3 Å².